The number of ether oxygens (including phenoxy) is 1. The van der Waals surface area contributed by atoms with Crippen LogP contribution in [0.15, 0.2) is 23.4 Å². The van der Waals surface area contributed by atoms with Gasteiger partial charge in [-0.15, -0.1) is 10.2 Å². The molecule has 0 unspecified atom stereocenters. The molecule has 0 aliphatic rings. The third-order valence-electron chi connectivity index (χ3n) is 3.15. The molecule has 2 rings (SSSR count). The number of carbonyl (C=O) groups is 1. The Hall–Kier alpha value is -2.22. The second-order valence-electron chi connectivity index (χ2n) is 6.97. The molecule has 1 aromatic heterocycles. The van der Waals surface area contributed by atoms with Gasteiger partial charge in [0, 0.05) is 5.54 Å². The number of aryl methyl sites for hydroxylation is 2. The van der Waals surface area contributed by atoms with Crippen molar-refractivity contribution in [3.63, 3.8) is 0 Å². The average Bonchev–Trinajstić information content (AvgIpc) is 2.81. The Labute approximate surface area is 152 Å². The van der Waals surface area contributed by atoms with E-state index in [1.165, 1.54) is 16.4 Å². The van der Waals surface area contributed by atoms with Crippen LogP contribution in [0.3, 0.4) is 0 Å². The van der Waals surface area contributed by atoms with E-state index in [0.717, 1.165) is 16.9 Å². The van der Waals surface area contributed by atoms with Crippen molar-refractivity contribution >= 4 is 17.7 Å². The molecule has 1 amide bonds. The number of nitrogens with zero attached hydrogens (tertiary/aromatic N) is 3. The van der Waals surface area contributed by atoms with E-state index in [0.29, 0.717) is 11.0 Å². The van der Waals surface area contributed by atoms with E-state index < -0.39 is 0 Å². The molecule has 136 valence electrons. The molecule has 8 heteroatoms. The lowest BCUT2D eigenvalue weighted by Crippen LogP contribution is -2.41. The summed E-state index contributed by atoms with van der Waals surface area (Å²) < 4.78 is 7.11. The lowest BCUT2D eigenvalue weighted by atomic mass is 10.1. The molecule has 0 spiro atoms. The van der Waals surface area contributed by atoms with Gasteiger partial charge in [0.2, 0.25) is 11.1 Å². The standard InChI is InChI=1S/C17H25N5O2S/c1-11-6-12(2)8-13(7-11)24-9-14-20-21-16(22(14)18)25-10-15(23)19-17(3,4)5/h6-8H,9-10,18H2,1-5H3,(H,19,23). The largest absolute Gasteiger partial charge is 0.486 e. The van der Waals surface area contributed by atoms with E-state index >= 15 is 0 Å². The van der Waals surface area contributed by atoms with E-state index in [4.69, 9.17) is 10.6 Å². The highest BCUT2D eigenvalue weighted by Gasteiger charge is 2.16. The highest BCUT2D eigenvalue weighted by atomic mass is 32.2. The summed E-state index contributed by atoms with van der Waals surface area (Å²) in [6.45, 7) is 10.0. The number of benzene rings is 1. The van der Waals surface area contributed by atoms with Crippen LogP contribution in [0.5, 0.6) is 5.75 Å². The Morgan fingerprint density at radius 1 is 1.24 bits per heavy atom. The first kappa shape index (κ1) is 19.1. The maximum absolute atomic E-state index is 11.9. The molecule has 2 aromatic rings. The molecule has 3 N–H and O–H groups in total. The van der Waals surface area contributed by atoms with Gasteiger partial charge in [-0.2, -0.15) is 0 Å². The smallest absolute Gasteiger partial charge is 0.230 e. The van der Waals surface area contributed by atoms with Gasteiger partial charge in [0.1, 0.15) is 12.4 Å². The van der Waals surface area contributed by atoms with Crippen LogP contribution in [0.2, 0.25) is 0 Å². The molecule has 0 aliphatic heterocycles. The number of thioether (sulfide) groups is 1. The number of carbonyl (C=O) groups excluding carboxylic acids is 1. The second kappa shape index (κ2) is 7.77. The molecule has 25 heavy (non-hydrogen) atoms. The van der Waals surface area contributed by atoms with E-state index in [9.17, 15) is 4.79 Å². The normalized spacial score (nSPS) is 11.4. The third kappa shape index (κ3) is 5.97. The Bertz CT molecular complexity index is 732. The molecule has 7 nitrogen and oxygen atoms in total. The summed E-state index contributed by atoms with van der Waals surface area (Å²) in [6, 6.07) is 5.99. The van der Waals surface area contributed by atoms with Crippen LogP contribution in [-0.2, 0) is 11.4 Å². The van der Waals surface area contributed by atoms with Gasteiger partial charge in [-0.3, -0.25) is 4.79 Å². The van der Waals surface area contributed by atoms with Gasteiger partial charge < -0.3 is 15.9 Å². The van der Waals surface area contributed by atoms with Crippen LogP contribution < -0.4 is 15.9 Å². The van der Waals surface area contributed by atoms with Crippen LogP contribution in [0, 0.1) is 13.8 Å². The van der Waals surface area contributed by atoms with E-state index in [2.05, 4.69) is 21.6 Å². The Morgan fingerprint density at radius 3 is 2.48 bits per heavy atom. The summed E-state index contributed by atoms with van der Waals surface area (Å²) in [7, 11) is 0. The number of nitrogens with two attached hydrogens (primary N) is 1. The lowest BCUT2D eigenvalue weighted by molar-refractivity contribution is -0.119. The Morgan fingerprint density at radius 2 is 1.88 bits per heavy atom. The highest BCUT2D eigenvalue weighted by Crippen LogP contribution is 2.19. The third-order valence-corrected chi connectivity index (χ3v) is 4.09. The van der Waals surface area contributed by atoms with Crippen LogP contribution in [0.4, 0.5) is 0 Å². The fourth-order valence-corrected chi connectivity index (χ4v) is 2.93. The topological polar surface area (TPSA) is 95.1 Å². The van der Waals surface area contributed by atoms with Gasteiger partial charge in [0.25, 0.3) is 0 Å². The number of hydrogen-bond acceptors (Lipinski definition) is 6. The minimum atomic E-state index is -0.265. The summed E-state index contributed by atoms with van der Waals surface area (Å²) in [6.07, 6.45) is 0. The van der Waals surface area contributed by atoms with Crippen LogP contribution >= 0.6 is 11.8 Å². The van der Waals surface area contributed by atoms with Gasteiger partial charge in [0.15, 0.2) is 5.82 Å². The molecule has 0 saturated carbocycles. The number of hydrogen-bond donors (Lipinski definition) is 2. The number of rotatable bonds is 6. The molecule has 0 bridgehead atoms. The van der Waals surface area contributed by atoms with Gasteiger partial charge in [-0.25, -0.2) is 4.68 Å². The lowest BCUT2D eigenvalue weighted by Gasteiger charge is -2.20. The van der Waals surface area contributed by atoms with Crippen molar-refractivity contribution in [3.8, 4) is 5.75 Å². The Kier molecular flexibility index (Phi) is 5.94. The van der Waals surface area contributed by atoms with E-state index in [1.54, 1.807) is 0 Å². The number of nitrogen functional groups attached to an aromatic ring is 1. The molecule has 1 heterocycles. The van der Waals surface area contributed by atoms with Crippen LogP contribution in [0.1, 0.15) is 37.7 Å². The van der Waals surface area contributed by atoms with Crippen LogP contribution in [0.25, 0.3) is 0 Å². The van der Waals surface area contributed by atoms with Crippen molar-refractivity contribution < 1.29 is 9.53 Å². The van der Waals surface area contributed by atoms with Gasteiger partial charge in [-0.05, 0) is 57.9 Å². The minimum Gasteiger partial charge on any atom is -0.486 e. The van der Waals surface area contributed by atoms with Gasteiger partial charge >= 0.3 is 0 Å². The first-order valence-corrected chi connectivity index (χ1v) is 8.97. The van der Waals surface area contributed by atoms with E-state index in [1.807, 2.05) is 46.8 Å². The SMILES string of the molecule is Cc1cc(C)cc(OCc2nnc(SCC(=O)NC(C)(C)C)n2N)c1. The molecule has 1 aromatic carbocycles. The number of nitrogens with one attached hydrogen (secondary N) is 1. The van der Waals surface area contributed by atoms with Crippen LogP contribution in [-0.4, -0.2) is 32.1 Å². The zero-order valence-corrected chi connectivity index (χ0v) is 16.1. The van der Waals surface area contributed by atoms with Crippen molar-refractivity contribution in [1.29, 1.82) is 0 Å². The minimum absolute atomic E-state index is 0.0754. The summed E-state index contributed by atoms with van der Waals surface area (Å²) in [5, 5.41) is 11.4. The average molecular weight is 363 g/mol. The van der Waals surface area contributed by atoms with Crippen molar-refractivity contribution in [2.75, 3.05) is 11.6 Å². The Balaban J connectivity index is 1.93. The molecule has 0 radical (unpaired) electrons. The number of amides is 1. The quantitative estimate of drug-likeness (QED) is 0.603. The van der Waals surface area contributed by atoms with Crippen molar-refractivity contribution in [3.05, 3.63) is 35.2 Å². The predicted octanol–water partition coefficient (Wildman–Crippen LogP) is 2.19. The maximum atomic E-state index is 11.9. The summed E-state index contributed by atoms with van der Waals surface area (Å²) in [5.41, 5.74) is 1.99. The van der Waals surface area contributed by atoms with Crippen molar-refractivity contribution in [2.45, 2.75) is 51.9 Å². The van der Waals surface area contributed by atoms with E-state index in [-0.39, 0.29) is 23.8 Å². The first-order valence-electron chi connectivity index (χ1n) is 7.98. The fourth-order valence-electron chi connectivity index (χ4n) is 2.25. The molecular weight excluding hydrogens is 338 g/mol. The van der Waals surface area contributed by atoms with Gasteiger partial charge in [0.05, 0.1) is 5.75 Å². The second-order valence-corrected chi connectivity index (χ2v) is 7.91. The predicted molar refractivity (Wildman–Crippen MR) is 99.0 cm³/mol. The fraction of sp³-hybridized carbons (Fsp3) is 0.471. The number of aromatic nitrogens is 3. The summed E-state index contributed by atoms with van der Waals surface area (Å²) >= 11 is 1.24. The van der Waals surface area contributed by atoms with Crippen molar-refractivity contribution in [1.82, 2.24) is 20.2 Å². The molecule has 0 aliphatic carbocycles. The zero-order chi connectivity index (χ0) is 18.6. The highest BCUT2D eigenvalue weighted by molar-refractivity contribution is 7.99. The monoisotopic (exact) mass is 363 g/mol. The molecule has 0 atom stereocenters. The molecular formula is C17H25N5O2S. The maximum Gasteiger partial charge on any atom is 0.230 e. The van der Waals surface area contributed by atoms with Gasteiger partial charge in [-0.1, -0.05) is 17.8 Å². The molecule has 0 saturated heterocycles. The molecule has 0 fully saturated rings. The zero-order valence-electron chi connectivity index (χ0n) is 15.3. The first-order chi connectivity index (χ1) is 11.6. The summed E-state index contributed by atoms with van der Waals surface area (Å²) in [5.74, 6) is 7.41. The summed E-state index contributed by atoms with van der Waals surface area (Å²) in [4.78, 5) is 11.9. The van der Waals surface area contributed by atoms with Crippen molar-refractivity contribution in [2.24, 2.45) is 0 Å².